The summed E-state index contributed by atoms with van der Waals surface area (Å²) in [5.74, 6) is 0.0390. The van der Waals surface area contributed by atoms with Crippen molar-refractivity contribution in [2.45, 2.75) is 12.8 Å². The highest BCUT2D eigenvalue weighted by atomic mass is 16.5. The molecule has 0 aromatic heterocycles. The first kappa shape index (κ1) is 23.1. The zero-order valence-corrected chi connectivity index (χ0v) is 20.0. The Labute approximate surface area is 212 Å². The quantitative estimate of drug-likeness (QED) is 0.119. The molecule has 0 bridgehead atoms. The molecule has 0 aliphatic heterocycles. The first-order valence-electron chi connectivity index (χ1n) is 12.1. The van der Waals surface area contributed by atoms with Crippen LogP contribution in [0.1, 0.15) is 28.7 Å². The van der Waals surface area contributed by atoms with Crippen LogP contribution < -0.4 is 9.64 Å². The van der Waals surface area contributed by atoms with Crippen molar-refractivity contribution in [3.8, 4) is 5.75 Å². The van der Waals surface area contributed by atoms with E-state index in [1.807, 2.05) is 24.3 Å². The van der Waals surface area contributed by atoms with Crippen molar-refractivity contribution in [3.05, 3.63) is 144 Å². The molecule has 0 amide bonds. The summed E-state index contributed by atoms with van der Waals surface area (Å²) in [6, 6.07) is 35.1. The van der Waals surface area contributed by atoms with Gasteiger partial charge in [0.1, 0.15) is 5.75 Å². The average Bonchev–Trinajstić information content (AvgIpc) is 3.35. The van der Waals surface area contributed by atoms with E-state index in [-0.39, 0.29) is 0 Å². The zero-order valence-electron chi connectivity index (χ0n) is 20.0. The van der Waals surface area contributed by atoms with E-state index < -0.39 is 5.97 Å². The van der Waals surface area contributed by atoms with E-state index in [2.05, 4.69) is 96.6 Å². The summed E-state index contributed by atoms with van der Waals surface area (Å²) in [5, 5.41) is 0. The largest absolute Gasteiger partial charge is 0.423 e. The number of allylic oxidation sites excluding steroid dienone is 1. The van der Waals surface area contributed by atoms with Crippen molar-refractivity contribution in [2.24, 2.45) is 0 Å². The molecule has 0 N–H and O–H groups in total. The number of hydrogen-bond donors (Lipinski definition) is 0. The lowest BCUT2D eigenvalue weighted by Gasteiger charge is -2.22. The number of hydrogen-bond acceptors (Lipinski definition) is 3. The predicted molar refractivity (Wildman–Crippen MR) is 149 cm³/mol. The molecule has 3 heteroatoms. The van der Waals surface area contributed by atoms with Crippen molar-refractivity contribution in [1.29, 1.82) is 0 Å². The fourth-order valence-electron chi connectivity index (χ4n) is 4.38. The lowest BCUT2D eigenvalue weighted by molar-refractivity contribution is -0.128. The van der Waals surface area contributed by atoms with Gasteiger partial charge in [0.25, 0.3) is 0 Å². The van der Waals surface area contributed by atoms with Crippen molar-refractivity contribution in [2.75, 3.05) is 4.90 Å². The minimum absolute atomic E-state index is 0.462. The smallest absolute Gasteiger partial charge is 0.335 e. The monoisotopic (exact) mass is 469 g/mol. The van der Waals surface area contributed by atoms with E-state index in [9.17, 15) is 4.79 Å². The van der Waals surface area contributed by atoms with Gasteiger partial charge in [-0.1, -0.05) is 85.5 Å². The SMILES string of the molecule is C=CC(=O)Oc1ccc(C=Cc2ccc(N(/C=C3/CCc4ccccc43)c3ccccc3)cc2)cc1. The minimum atomic E-state index is -0.462. The molecule has 0 unspecified atom stereocenters. The first-order chi connectivity index (χ1) is 17.7. The molecule has 3 nitrogen and oxygen atoms in total. The highest BCUT2D eigenvalue weighted by Crippen LogP contribution is 2.35. The van der Waals surface area contributed by atoms with Gasteiger partial charge in [0, 0.05) is 23.7 Å². The van der Waals surface area contributed by atoms with E-state index in [1.54, 1.807) is 12.1 Å². The van der Waals surface area contributed by atoms with Crippen LogP contribution in [0.4, 0.5) is 11.4 Å². The zero-order chi connectivity index (χ0) is 24.7. The summed E-state index contributed by atoms with van der Waals surface area (Å²) in [6.45, 7) is 3.41. The Morgan fingerprint density at radius 3 is 2.03 bits per heavy atom. The molecule has 0 radical (unpaired) electrons. The third kappa shape index (κ3) is 5.37. The molecule has 0 fully saturated rings. The molecular weight excluding hydrogens is 442 g/mol. The molecule has 4 aromatic rings. The van der Waals surface area contributed by atoms with Crippen molar-refractivity contribution in [3.63, 3.8) is 0 Å². The number of aryl methyl sites for hydroxylation is 1. The molecule has 1 aliphatic rings. The molecule has 0 saturated heterocycles. The Balaban J connectivity index is 1.37. The van der Waals surface area contributed by atoms with E-state index in [1.165, 1.54) is 16.7 Å². The van der Waals surface area contributed by atoms with Crippen LogP contribution in [-0.2, 0) is 11.2 Å². The fraction of sp³-hybridized carbons (Fsp3) is 0.0606. The van der Waals surface area contributed by atoms with Gasteiger partial charge < -0.3 is 9.64 Å². The summed E-state index contributed by atoms with van der Waals surface area (Å²) in [7, 11) is 0. The standard InChI is InChI=1S/C33H27NO2/c1-2-33(35)36-31-22-16-26(17-23-31)13-12-25-14-20-30(21-15-25)34(29-9-4-3-5-10-29)24-28-19-18-27-8-6-7-11-32(27)28/h2-17,20-24H,1,18-19H2/b13-12?,28-24-. The van der Waals surface area contributed by atoms with Crippen LogP contribution in [0.5, 0.6) is 5.75 Å². The number of carbonyl (C=O) groups is 1. The number of nitrogens with zero attached hydrogens (tertiary/aromatic N) is 1. The topological polar surface area (TPSA) is 29.5 Å². The van der Waals surface area contributed by atoms with Gasteiger partial charge in [-0.2, -0.15) is 0 Å². The molecular formula is C33H27NO2. The second-order valence-corrected chi connectivity index (χ2v) is 8.64. The van der Waals surface area contributed by atoms with Crippen LogP contribution in [-0.4, -0.2) is 5.97 Å². The van der Waals surface area contributed by atoms with Gasteiger partial charge in [-0.3, -0.25) is 0 Å². The number of para-hydroxylation sites is 1. The summed E-state index contributed by atoms with van der Waals surface area (Å²) in [6.07, 6.45) is 9.70. The third-order valence-corrected chi connectivity index (χ3v) is 6.25. The van der Waals surface area contributed by atoms with Crippen LogP contribution >= 0.6 is 0 Å². The lowest BCUT2D eigenvalue weighted by Crippen LogP contribution is -2.09. The number of esters is 1. The number of rotatable bonds is 7. The van der Waals surface area contributed by atoms with E-state index in [0.29, 0.717) is 5.75 Å². The number of fused-ring (bicyclic) bond motifs is 1. The molecule has 0 atom stereocenters. The number of benzene rings is 4. The molecule has 0 heterocycles. The van der Waals surface area contributed by atoms with E-state index in [0.717, 1.165) is 41.4 Å². The molecule has 5 rings (SSSR count). The maximum atomic E-state index is 11.3. The van der Waals surface area contributed by atoms with Gasteiger partial charge in [-0.15, -0.1) is 0 Å². The Morgan fingerprint density at radius 1 is 0.722 bits per heavy atom. The Morgan fingerprint density at radius 2 is 1.33 bits per heavy atom. The third-order valence-electron chi connectivity index (χ3n) is 6.25. The average molecular weight is 470 g/mol. The Hall–Kier alpha value is -4.63. The van der Waals surface area contributed by atoms with Crippen LogP contribution in [0.15, 0.2) is 122 Å². The van der Waals surface area contributed by atoms with Crippen LogP contribution in [0.3, 0.4) is 0 Å². The lowest BCUT2D eigenvalue weighted by atomic mass is 10.1. The van der Waals surface area contributed by atoms with Crippen molar-refractivity contribution >= 4 is 35.1 Å². The second kappa shape index (κ2) is 10.7. The Bertz CT molecular complexity index is 1420. The predicted octanol–water partition coefficient (Wildman–Crippen LogP) is 8.07. The van der Waals surface area contributed by atoms with E-state index in [4.69, 9.17) is 4.74 Å². The highest BCUT2D eigenvalue weighted by molar-refractivity contribution is 5.83. The number of ether oxygens (including phenoxy) is 1. The van der Waals surface area contributed by atoms with Crippen LogP contribution in [0, 0.1) is 0 Å². The number of carbonyl (C=O) groups excluding carboxylic acids is 1. The second-order valence-electron chi connectivity index (χ2n) is 8.64. The molecule has 1 aliphatic carbocycles. The Kier molecular flexibility index (Phi) is 6.90. The first-order valence-corrected chi connectivity index (χ1v) is 12.1. The van der Waals surface area contributed by atoms with Crippen LogP contribution in [0.25, 0.3) is 17.7 Å². The summed E-state index contributed by atoms with van der Waals surface area (Å²) >= 11 is 0. The normalized spacial score (nSPS) is 13.5. The minimum Gasteiger partial charge on any atom is -0.423 e. The maximum absolute atomic E-state index is 11.3. The summed E-state index contributed by atoms with van der Waals surface area (Å²) in [5.41, 5.74) is 8.51. The van der Waals surface area contributed by atoms with Gasteiger partial charge in [-0.05, 0) is 77.1 Å². The van der Waals surface area contributed by atoms with Gasteiger partial charge >= 0.3 is 5.97 Å². The van der Waals surface area contributed by atoms with Gasteiger partial charge in [0.2, 0.25) is 0 Å². The highest BCUT2D eigenvalue weighted by Gasteiger charge is 2.17. The molecule has 0 saturated carbocycles. The fourth-order valence-corrected chi connectivity index (χ4v) is 4.38. The van der Waals surface area contributed by atoms with Crippen LogP contribution in [0.2, 0.25) is 0 Å². The molecule has 4 aromatic carbocycles. The summed E-state index contributed by atoms with van der Waals surface area (Å²) < 4.78 is 5.13. The molecule has 176 valence electrons. The number of anilines is 2. The van der Waals surface area contributed by atoms with Crippen molar-refractivity contribution < 1.29 is 9.53 Å². The van der Waals surface area contributed by atoms with E-state index >= 15 is 0 Å². The summed E-state index contributed by atoms with van der Waals surface area (Å²) in [4.78, 5) is 13.6. The van der Waals surface area contributed by atoms with Crippen molar-refractivity contribution in [1.82, 2.24) is 0 Å². The van der Waals surface area contributed by atoms with Gasteiger partial charge in [0.05, 0.1) is 0 Å². The molecule has 0 spiro atoms. The maximum Gasteiger partial charge on any atom is 0.335 e. The van der Waals surface area contributed by atoms with Gasteiger partial charge in [0.15, 0.2) is 0 Å². The van der Waals surface area contributed by atoms with Gasteiger partial charge in [-0.25, -0.2) is 4.79 Å². The molecule has 36 heavy (non-hydrogen) atoms.